The molecule has 0 saturated carbocycles. The Bertz CT molecular complexity index is 149. The molecule has 0 aliphatic carbocycles. The van der Waals surface area contributed by atoms with Crippen LogP contribution in [-0.2, 0) is 14.3 Å². The third kappa shape index (κ3) is 4.53. The molecule has 0 rings (SSSR count). The van der Waals surface area contributed by atoms with E-state index in [9.17, 15) is 9.59 Å². The first kappa shape index (κ1) is 10.1. The van der Waals surface area contributed by atoms with Crippen molar-refractivity contribution in [3.8, 4) is 0 Å². The lowest BCUT2D eigenvalue weighted by atomic mass is 9.90. The molecule has 0 N–H and O–H groups in total. The van der Waals surface area contributed by atoms with Crippen LogP contribution in [0.1, 0.15) is 26.7 Å². The van der Waals surface area contributed by atoms with Gasteiger partial charge in [0.2, 0.25) is 0 Å². The van der Waals surface area contributed by atoms with Crippen molar-refractivity contribution in [3.05, 3.63) is 0 Å². The number of carbonyl (C=O) groups excluding carboxylic acids is 2. The number of methoxy groups -OCH3 is 1. The maximum Gasteiger partial charge on any atom is 0.305 e. The number of carbonyl (C=O) groups is 2. The first-order chi connectivity index (χ1) is 5.02. The smallest absolute Gasteiger partial charge is 0.305 e. The van der Waals surface area contributed by atoms with E-state index in [4.69, 9.17) is 0 Å². The molecule has 0 unspecified atom stereocenters. The van der Waals surface area contributed by atoms with E-state index in [2.05, 4.69) is 4.74 Å². The summed E-state index contributed by atoms with van der Waals surface area (Å²) >= 11 is 0. The van der Waals surface area contributed by atoms with Crippen molar-refractivity contribution in [3.63, 3.8) is 0 Å². The van der Waals surface area contributed by atoms with Crippen molar-refractivity contribution in [2.45, 2.75) is 26.7 Å². The molecule has 0 aliphatic heterocycles. The Hall–Kier alpha value is -0.860. The van der Waals surface area contributed by atoms with Gasteiger partial charge >= 0.3 is 5.97 Å². The SMILES string of the molecule is COC(=O)CCC(C)(C)C=O. The minimum Gasteiger partial charge on any atom is -0.469 e. The Labute approximate surface area is 66.7 Å². The van der Waals surface area contributed by atoms with Crippen LogP contribution in [0, 0.1) is 5.41 Å². The van der Waals surface area contributed by atoms with Gasteiger partial charge in [0.25, 0.3) is 0 Å². The van der Waals surface area contributed by atoms with Crippen molar-refractivity contribution in [1.29, 1.82) is 0 Å². The van der Waals surface area contributed by atoms with E-state index in [1.807, 2.05) is 0 Å². The predicted molar refractivity (Wildman–Crippen MR) is 41.1 cm³/mol. The highest BCUT2D eigenvalue weighted by atomic mass is 16.5. The Morgan fingerprint density at radius 3 is 2.45 bits per heavy atom. The van der Waals surface area contributed by atoms with Gasteiger partial charge < -0.3 is 9.53 Å². The molecule has 0 aliphatic rings. The van der Waals surface area contributed by atoms with Crippen molar-refractivity contribution >= 4 is 12.3 Å². The highest BCUT2D eigenvalue weighted by molar-refractivity contribution is 5.70. The summed E-state index contributed by atoms with van der Waals surface area (Å²) in [6, 6.07) is 0. The van der Waals surface area contributed by atoms with Crippen molar-refractivity contribution < 1.29 is 14.3 Å². The average Bonchev–Trinajstić information content (AvgIpc) is 2.00. The number of ether oxygens (including phenoxy) is 1. The van der Waals surface area contributed by atoms with Crippen LogP contribution >= 0.6 is 0 Å². The van der Waals surface area contributed by atoms with E-state index in [0.29, 0.717) is 12.8 Å². The number of esters is 1. The molecule has 3 heteroatoms. The van der Waals surface area contributed by atoms with E-state index in [1.165, 1.54) is 7.11 Å². The molecule has 0 aromatic carbocycles. The molecule has 0 atom stereocenters. The van der Waals surface area contributed by atoms with E-state index in [1.54, 1.807) is 13.8 Å². The van der Waals surface area contributed by atoms with Crippen LogP contribution in [0.15, 0.2) is 0 Å². The third-order valence-corrected chi connectivity index (χ3v) is 1.52. The van der Waals surface area contributed by atoms with Gasteiger partial charge in [-0.3, -0.25) is 4.79 Å². The van der Waals surface area contributed by atoms with Gasteiger partial charge in [0.05, 0.1) is 7.11 Å². The van der Waals surface area contributed by atoms with Gasteiger partial charge in [-0.2, -0.15) is 0 Å². The minimum absolute atomic E-state index is 0.264. The molecular weight excluding hydrogens is 144 g/mol. The van der Waals surface area contributed by atoms with Crippen LogP contribution in [0.4, 0.5) is 0 Å². The van der Waals surface area contributed by atoms with Gasteiger partial charge in [0.1, 0.15) is 6.29 Å². The van der Waals surface area contributed by atoms with Crippen LogP contribution in [0.3, 0.4) is 0 Å². The lowest BCUT2D eigenvalue weighted by Gasteiger charge is -2.14. The maximum atomic E-state index is 10.6. The van der Waals surface area contributed by atoms with Crippen LogP contribution in [-0.4, -0.2) is 19.4 Å². The molecule has 3 nitrogen and oxygen atoms in total. The van der Waals surface area contributed by atoms with Gasteiger partial charge in [-0.05, 0) is 6.42 Å². The maximum absolute atomic E-state index is 10.6. The summed E-state index contributed by atoms with van der Waals surface area (Å²) in [5.41, 5.74) is -0.409. The molecular formula is C8H14O3. The van der Waals surface area contributed by atoms with Crippen LogP contribution < -0.4 is 0 Å². The summed E-state index contributed by atoms with van der Waals surface area (Å²) in [4.78, 5) is 21.0. The molecule has 0 spiro atoms. The van der Waals surface area contributed by atoms with Crippen molar-refractivity contribution in [1.82, 2.24) is 0 Å². The lowest BCUT2D eigenvalue weighted by molar-refractivity contribution is -0.141. The van der Waals surface area contributed by atoms with E-state index < -0.39 is 5.41 Å². The van der Waals surface area contributed by atoms with Crippen LogP contribution in [0.25, 0.3) is 0 Å². The largest absolute Gasteiger partial charge is 0.469 e. The lowest BCUT2D eigenvalue weighted by Crippen LogP contribution is -2.15. The molecule has 0 bridgehead atoms. The minimum atomic E-state index is -0.409. The molecule has 0 fully saturated rings. The second-order valence-electron chi connectivity index (χ2n) is 3.18. The number of rotatable bonds is 4. The Morgan fingerprint density at radius 2 is 2.09 bits per heavy atom. The summed E-state index contributed by atoms with van der Waals surface area (Å²) in [6.45, 7) is 3.59. The molecule has 11 heavy (non-hydrogen) atoms. The van der Waals surface area contributed by atoms with Gasteiger partial charge in [0.15, 0.2) is 0 Å². The Morgan fingerprint density at radius 1 is 1.55 bits per heavy atom. The summed E-state index contributed by atoms with van der Waals surface area (Å²) in [5.74, 6) is -0.264. The zero-order chi connectivity index (χ0) is 8.91. The van der Waals surface area contributed by atoms with Gasteiger partial charge in [0, 0.05) is 11.8 Å². The molecule has 0 amide bonds. The van der Waals surface area contributed by atoms with E-state index >= 15 is 0 Å². The normalized spacial score (nSPS) is 10.8. The van der Waals surface area contributed by atoms with Gasteiger partial charge in [-0.1, -0.05) is 13.8 Å². The predicted octanol–water partition coefficient (Wildman–Crippen LogP) is 1.16. The van der Waals surface area contributed by atoms with Crippen LogP contribution in [0.5, 0.6) is 0 Å². The van der Waals surface area contributed by atoms with Crippen LogP contribution in [0.2, 0.25) is 0 Å². The van der Waals surface area contributed by atoms with E-state index in [0.717, 1.165) is 6.29 Å². The number of hydrogen-bond acceptors (Lipinski definition) is 3. The zero-order valence-electron chi connectivity index (χ0n) is 7.22. The first-order valence-electron chi connectivity index (χ1n) is 3.55. The summed E-state index contributed by atoms with van der Waals surface area (Å²) < 4.78 is 4.44. The fourth-order valence-corrected chi connectivity index (χ4v) is 0.585. The Balaban J connectivity index is 3.69. The highest BCUT2D eigenvalue weighted by Gasteiger charge is 2.17. The second-order valence-corrected chi connectivity index (χ2v) is 3.18. The van der Waals surface area contributed by atoms with Crippen molar-refractivity contribution in [2.24, 2.45) is 5.41 Å². The standard InChI is InChI=1S/C8H14O3/c1-8(2,6-9)5-4-7(10)11-3/h6H,4-5H2,1-3H3. The highest BCUT2D eigenvalue weighted by Crippen LogP contribution is 2.18. The summed E-state index contributed by atoms with van der Waals surface area (Å²) in [7, 11) is 1.34. The summed E-state index contributed by atoms with van der Waals surface area (Å²) in [5, 5.41) is 0. The monoisotopic (exact) mass is 158 g/mol. The van der Waals surface area contributed by atoms with Gasteiger partial charge in [-0.15, -0.1) is 0 Å². The second kappa shape index (κ2) is 4.11. The molecule has 0 heterocycles. The van der Waals surface area contributed by atoms with Gasteiger partial charge in [-0.25, -0.2) is 0 Å². The third-order valence-electron chi connectivity index (χ3n) is 1.52. The molecule has 0 aromatic rings. The fraction of sp³-hybridized carbons (Fsp3) is 0.750. The summed E-state index contributed by atoms with van der Waals surface area (Å²) in [6.07, 6.45) is 1.71. The van der Waals surface area contributed by atoms with Crippen molar-refractivity contribution in [2.75, 3.05) is 7.11 Å². The molecule has 0 saturated heterocycles. The number of aldehydes is 1. The quantitative estimate of drug-likeness (QED) is 0.455. The zero-order valence-corrected chi connectivity index (χ0v) is 7.22. The fourth-order valence-electron chi connectivity index (χ4n) is 0.585. The number of hydrogen-bond donors (Lipinski definition) is 0. The topological polar surface area (TPSA) is 43.4 Å². The molecule has 0 radical (unpaired) electrons. The van der Waals surface area contributed by atoms with E-state index in [-0.39, 0.29) is 5.97 Å². The first-order valence-corrected chi connectivity index (χ1v) is 3.55. The average molecular weight is 158 g/mol. The molecule has 0 aromatic heterocycles. The molecule has 64 valence electrons. The Kier molecular flexibility index (Phi) is 3.79.